The molecule has 1 aliphatic carbocycles. The van der Waals surface area contributed by atoms with Crippen LogP contribution in [0.4, 0.5) is 0 Å². The Morgan fingerprint density at radius 2 is 0.735 bits per heavy atom. The highest BCUT2D eigenvalue weighted by atomic mass is 16.9. The van der Waals surface area contributed by atoms with Crippen LogP contribution in [0.1, 0.15) is 16.7 Å². The second-order valence-corrected chi connectivity index (χ2v) is 8.87. The second kappa shape index (κ2) is 9.96. The molecule has 0 radical (unpaired) electrons. The SMILES string of the molecule is c1ccc(COC2C3OC4OC2C(OCc2ccccc2)C(O4)C3OCc2ccccc2)cc1. The predicted octanol–water partition coefficient (Wildman–Crippen LogP) is 4.22. The van der Waals surface area contributed by atoms with Crippen LogP contribution in [0.15, 0.2) is 91.0 Å². The molecule has 1 saturated carbocycles. The lowest BCUT2D eigenvalue weighted by atomic mass is 9.82. The summed E-state index contributed by atoms with van der Waals surface area (Å²) in [4.78, 5) is 0. The second-order valence-electron chi connectivity index (χ2n) is 8.87. The quantitative estimate of drug-likeness (QED) is 0.477. The molecule has 3 aromatic rings. The lowest BCUT2D eigenvalue weighted by Crippen LogP contribution is -2.76. The van der Waals surface area contributed by atoms with Gasteiger partial charge in [-0.1, -0.05) is 91.0 Å². The summed E-state index contributed by atoms with van der Waals surface area (Å²) in [5.74, 6) is 0. The Morgan fingerprint density at radius 1 is 0.441 bits per heavy atom. The highest BCUT2D eigenvalue weighted by Gasteiger charge is 2.63. The third-order valence-corrected chi connectivity index (χ3v) is 6.60. The molecule has 0 amide bonds. The van der Waals surface area contributed by atoms with E-state index in [0.29, 0.717) is 19.8 Å². The van der Waals surface area contributed by atoms with Gasteiger partial charge in [0.05, 0.1) is 19.8 Å². The summed E-state index contributed by atoms with van der Waals surface area (Å²) in [5.41, 5.74) is 3.28. The third kappa shape index (κ3) is 4.53. The highest BCUT2D eigenvalue weighted by molar-refractivity contribution is 5.17. The molecule has 4 aliphatic rings. The molecule has 0 spiro atoms. The predicted molar refractivity (Wildman–Crippen MR) is 123 cm³/mol. The summed E-state index contributed by atoms with van der Waals surface area (Å²) in [7, 11) is 0. The molecule has 0 unspecified atom stereocenters. The van der Waals surface area contributed by atoms with Gasteiger partial charge in [0.1, 0.15) is 36.6 Å². The fourth-order valence-corrected chi connectivity index (χ4v) is 4.94. The van der Waals surface area contributed by atoms with Gasteiger partial charge < -0.3 is 28.4 Å². The van der Waals surface area contributed by atoms with Crippen molar-refractivity contribution in [3.63, 3.8) is 0 Å². The lowest BCUT2D eigenvalue weighted by molar-refractivity contribution is -0.490. The molecule has 6 heteroatoms. The van der Waals surface area contributed by atoms with Gasteiger partial charge in [0.25, 0.3) is 6.48 Å². The molecule has 176 valence electrons. The smallest absolute Gasteiger partial charge is 0.272 e. The first kappa shape index (κ1) is 21.9. The van der Waals surface area contributed by atoms with Crippen LogP contribution in [0.5, 0.6) is 0 Å². The average molecular weight is 461 g/mol. The van der Waals surface area contributed by atoms with Crippen LogP contribution in [0, 0.1) is 0 Å². The third-order valence-electron chi connectivity index (χ3n) is 6.60. The van der Waals surface area contributed by atoms with E-state index in [1.807, 2.05) is 91.0 Å². The van der Waals surface area contributed by atoms with E-state index >= 15 is 0 Å². The fourth-order valence-electron chi connectivity index (χ4n) is 4.94. The average Bonchev–Trinajstić information content (AvgIpc) is 2.89. The number of benzene rings is 3. The standard InChI is InChI=1S/C28H28O6/c1-4-10-19(11-5-1)16-29-22-25-23(30-17-20-12-6-2-7-13-20)27-24(26(22)33-28(32-25)34-27)31-18-21-14-8-3-9-15-21/h1-15,22-28H,16-18H2. The monoisotopic (exact) mass is 460 g/mol. The molecule has 34 heavy (non-hydrogen) atoms. The summed E-state index contributed by atoms with van der Waals surface area (Å²) >= 11 is 0. The normalized spacial score (nSPS) is 31.6. The van der Waals surface area contributed by atoms with Gasteiger partial charge in [-0.3, -0.25) is 0 Å². The summed E-state index contributed by atoms with van der Waals surface area (Å²) in [6.07, 6.45) is -1.90. The molecule has 3 saturated heterocycles. The first-order valence-corrected chi connectivity index (χ1v) is 11.8. The summed E-state index contributed by atoms with van der Waals surface area (Å²) in [5, 5.41) is 0. The van der Waals surface area contributed by atoms with Crippen molar-refractivity contribution < 1.29 is 28.4 Å². The Balaban J connectivity index is 1.23. The van der Waals surface area contributed by atoms with E-state index in [0.717, 1.165) is 16.7 Å². The van der Waals surface area contributed by atoms with Gasteiger partial charge in [-0.05, 0) is 16.7 Å². The highest BCUT2D eigenvalue weighted by Crippen LogP contribution is 2.44. The van der Waals surface area contributed by atoms with Crippen molar-refractivity contribution in [2.24, 2.45) is 0 Å². The molecular weight excluding hydrogens is 432 g/mol. The van der Waals surface area contributed by atoms with E-state index in [-0.39, 0.29) is 36.6 Å². The van der Waals surface area contributed by atoms with Crippen LogP contribution in [0.25, 0.3) is 0 Å². The van der Waals surface area contributed by atoms with Crippen molar-refractivity contribution >= 4 is 0 Å². The number of hydrogen-bond donors (Lipinski definition) is 0. The topological polar surface area (TPSA) is 55.4 Å². The molecule has 0 N–H and O–H groups in total. The Hall–Kier alpha value is -2.58. The van der Waals surface area contributed by atoms with Crippen LogP contribution in [-0.2, 0) is 48.2 Å². The van der Waals surface area contributed by atoms with Crippen molar-refractivity contribution in [1.29, 1.82) is 0 Å². The summed E-state index contributed by atoms with van der Waals surface area (Å²) in [6, 6.07) is 30.3. The van der Waals surface area contributed by atoms with Crippen molar-refractivity contribution in [3.05, 3.63) is 108 Å². The first-order chi connectivity index (χ1) is 16.8. The minimum absolute atomic E-state index is 0.300. The molecule has 4 fully saturated rings. The lowest BCUT2D eigenvalue weighted by Gasteiger charge is -2.58. The van der Waals surface area contributed by atoms with Crippen LogP contribution < -0.4 is 0 Å². The molecule has 3 aliphatic heterocycles. The Kier molecular flexibility index (Phi) is 6.42. The molecule has 3 heterocycles. The van der Waals surface area contributed by atoms with E-state index in [9.17, 15) is 0 Å². The van der Waals surface area contributed by atoms with E-state index < -0.39 is 6.48 Å². The molecular formula is C28H28O6. The van der Waals surface area contributed by atoms with E-state index in [1.54, 1.807) is 0 Å². The molecule has 7 rings (SSSR count). The number of rotatable bonds is 9. The van der Waals surface area contributed by atoms with Gasteiger partial charge in [0, 0.05) is 0 Å². The Bertz CT molecular complexity index is 898. The zero-order chi connectivity index (χ0) is 22.7. The van der Waals surface area contributed by atoms with E-state index in [4.69, 9.17) is 28.4 Å². The number of hydrogen-bond acceptors (Lipinski definition) is 6. The minimum Gasteiger partial charge on any atom is -0.368 e. The summed E-state index contributed by atoms with van der Waals surface area (Å²) in [6.45, 7) is 0.652. The van der Waals surface area contributed by atoms with Crippen molar-refractivity contribution in [3.8, 4) is 0 Å². The van der Waals surface area contributed by atoms with Gasteiger partial charge in [0.2, 0.25) is 0 Å². The van der Waals surface area contributed by atoms with Crippen molar-refractivity contribution in [2.75, 3.05) is 0 Å². The molecule has 0 aromatic heterocycles. The molecule has 6 nitrogen and oxygen atoms in total. The Morgan fingerprint density at radius 3 is 1.03 bits per heavy atom. The van der Waals surface area contributed by atoms with Crippen LogP contribution in [0.3, 0.4) is 0 Å². The summed E-state index contributed by atoms with van der Waals surface area (Å²) < 4.78 is 37.5. The first-order valence-electron chi connectivity index (χ1n) is 11.8. The van der Waals surface area contributed by atoms with Gasteiger partial charge in [-0.15, -0.1) is 0 Å². The van der Waals surface area contributed by atoms with Crippen LogP contribution in [0.2, 0.25) is 0 Å². The molecule has 3 aromatic carbocycles. The van der Waals surface area contributed by atoms with Crippen LogP contribution >= 0.6 is 0 Å². The van der Waals surface area contributed by atoms with E-state index in [1.165, 1.54) is 0 Å². The maximum absolute atomic E-state index is 6.40. The van der Waals surface area contributed by atoms with E-state index in [2.05, 4.69) is 0 Å². The zero-order valence-electron chi connectivity index (χ0n) is 18.8. The van der Waals surface area contributed by atoms with Gasteiger partial charge in [-0.25, -0.2) is 0 Å². The molecule has 4 bridgehead atoms. The largest absolute Gasteiger partial charge is 0.368 e. The molecule has 0 atom stereocenters. The van der Waals surface area contributed by atoms with Gasteiger partial charge >= 0.3 is 0 Å². The maximum atomic E-state index is 6.40. The Labute approximate surface area is 199 Å². The van der Waals surface area contributed by atoms with Gasteiger partial charge in [0.15, 0.2) is 0 Å². The van der Waals surface area contributed by atoms with Crippen molar-refractivity contribution in [2.45, 2.75) is 62.9 Å². The maximum Gasteiger partial charge on any atom is 0.272 e. The van der Waals surface area contributed by atoms with Crippen molar-refractivity contribution in [1.82, 2.24) is 0 Å². The number of ether oxygens (including phenoxy) is 6. The fraction of sp³-hybridized carbons (Fsp3) is 0.357. The van der Waals surface area contributed by atoms with Gasteiger partial charge in [-0.2, -0.15) is 0 Å². The van der Waals surface area contributed by atoms with Crippen LogP contribution in [-0.4, -0.2) is 43.1 Å². The minimum atomic E-state index is -0.718. The zero-order valence-corrected chi connectivity index (χ0v) is 18.8.